The van der Waals surface area contributed by atoms with E-state index in [2.05, 4.69) is 26.2 Å². The third-order valence-electron chi connectivity index (χ3n) is 2.34. The van der Waals surface area contributed by atoms with Crippen LogP contribution in [-0.4, -0.2) is 20.1 Å². The minimum absolute atomic E-state index is 0.0867. The Morgan fingerprint density at radius 3 is 2.82 bits per heavy atom. The molecule has 1 unspecified atom stereocenters. The van der Waals surface area contributed by atoms with E-state index in [0.29, 0.717) is 15.3 Å². The Balaban J connectivity index is 2.50. The molecule has 0 spiro atoms. The molecule has 1 heterocycles. The van der Waals surface area contributed by atoms with Gasteiger partial charge in [-0.05, 0) is 34.1 Å². The predicted octanol–water partition coefficient (Wildman–Crippen LogP) is 2.45. The molecular formula is C10H8BrClFN3O. The summed E-state index contributed by atoms with van der Waals surface area (Å²) in [5.74, 6) is -0.532. The zero-order valence-corrected chi connectivity index (χ0v) is 11.1. The van der Waals surface area contributed by atoms with Crippen LogP contribution in [0.4, 0.5) is 4.39 Å². The van der Waals surface area contributed by atoms with E-state index in [-0.39, 0.29) is 5.56 Å². The number of aromatic nitrogens is 3. The molecule has 0 bridgehead atoms. The van der Waals surface area contributed by atoms with Gasteiger partial charge in [0.25, 0.3) is 0 Å². The van der Waals surface area contributed by atoms with Crippen molar-refractivity contribution in [2.45, 2.75) is 6.10 Å². The monoisotopic (exact) mass is 319 g/mol. The Labute approximate surface area is 110 Å². The van der Waals surface area contributed by atoms with Crippen molar-refractivity contribution in [3.63, 3.8) is 0 Å². The summed E-state index contributed by atoms with van der Waals surface area (Å²) in [4.78, 5) is 0. The van der Waals surface area contributed by atoms with Crippen molar-refractivity contribution in [3.05, 3.63) is 44.9 Å². The summed E-state index contributed by atoms with van der Waals surface area (Å²) >= 11 is 8.92. The van der Waals surface area contributed by atoms with E-state index >= 15 is 0 Å². The molecule has 0 aliphatic rings. The number of nitrogens with zero attached hydrogens (tertiary/aromatic N) is 3. The number of benzene rings is 1. The topological polar surface area (TPSA) is 50.9 Å². The lowest BCUT2D eigenvalue weighted by Gasteiger charge is -2.12. The van der Waals surface area contributed by atoms with E-state index in [4.69, 9.17) is 11.6 Å². The maximum Gasteiger partial charge on any atom is 0.154 e. The molecule has 2 aromatic rings. The Morgan fingerprint density at radius 2 is 2.24 bits per heavy atom. The Kier molecular flexibility index (Phi) is 3.46. The van der Waals surface area contributed by atoms with Crippen LogP contribution in [0.5, 0.6) is 0 Å². The lowest BCUT2D eigenvalue weighted by atomic mass is 10.1. The van der Waals surface area contributed by atoms with Crippen molar-refractivity contribution < 1.29 is 9.50 Å². The number of hydrogen-bond acceptors (Lipinski definition) is 3. The van der Waals surface area contributed by atoms with Gasteiger partial charge in [-0.3, -0.25) is 0 Å². The van der Waals surface area contributed by atoms with Crippen molar-refractivity contribution in [3.8, 4) is 0 Å². The largest absolute Gasteiger partial charge is 0.382 e. The van der Waals surface area contributed by atoms with Crippen LogP contribution in [0.25, 0.3) is 0 Å². The molecule has 4 nitrogen and oxygen atoms in total. The second-order valence-corrected chi connectivity index (χ2v) is 4.65. The van der Waals surface area contributed by atoms with Crippen LogP contribution in [0, 0.1) is 5.82 Å². The molecule has 17 heavy (non-hydrogen) atoms. The Bertz CT molecular complexity index is 541. The second-order valence-electron chi connectivity index (χ2n) is 3.46. The maximum absolute atomic E-state index is 13.6. The molecule has 1 N–H and O–H groups in total. The first-order valence-corrected chi connectivity index (χ1v) is 5.86. The molecule has 1 atom stereocenters. The molecule has 0 aliphatic heterocycles. The third-order valence-corrected chi connectivity index (χ3v) is 3.14. The SMILES string of the molecule is Cn1nnc(Br)c1C(O)c1cc(Cl)ccc1F. The molecular weight excluding hydrogens is 312 g/mol. The van der Waals surface area contributed by atoms with E-state index in [9.17, 15) is 9.50 Å². The van der Waals surface area contributed by atoms with Gasteiger partial charge in [0.05, 0.1) is 0 Å². The summed E-state index contributed by atoms with van der Waals surface area (Å²) in [6.07, 6.45) is -1.18. The van der Waals surface area contributed by atoms with Gasteiger partial charge < -0.3 is 5.11 Å². The molecule has 0 fully saturated rings. The minimum Gasteiger partial charge on any atom is -0.382 e. The lowest BCUT2D eigenvalue weighted by molar-refractivity contribution is 0.204. The van der Waals surface area contributed by atoms with Crippen molar-refractivity contribution >= 4 is 27.5 Å². The highest BCUT2D eigenvalue weighted by Crippen LogP contribution is 2.29. The summed E-state index contributed by atoms with van der Waals surface area (Å²) in [5.41, 5.74) is 0.453. The van der Waals surface area contributed by atoms with E-state index in [1.807, 2.05) is 0 Å². The molecule has 1 aromatic carbocycles. The van der Waals surface area contributed by atoms with Gasteiger partial charge in [0, 0.05) is 17.6 Å². The van der Waals surface area contributed by atoms with Gasteiger partial charge in [-0.1, -0.05) is 16.8 Å². The van der Waals surface area contributed by atoms with Gasteiger partial charge in [0.2, 0.25) is 0 Å². The lowest BCUT2D eigenvalue weighted by Crippen LogP contribution is -2.09. The fraction of sp³-hybridized carbons (Fsp3) is 0.200. The van der Waals surface area contributed by atoms with Gasteiger partial charge in [-0.15, -0.1) is 5.10 Å². The molecule has 90 valence electrons. The zero-order chi connectivity index (χ0) is 12.6. The first-order chi connectivity index (χ1) is 8.00. The number of halogens is 3. The van der Waals surface area contributed by atoms with Crippen LogP contribution in [0.1, 0.15) is 17.4 Å². The van der Waals surface area contributed by atoms with Crippen LogP contribution in [0.15, 0.2) is 22.8 Å². The number of aliphatic hydroxyl groups is 1. The first kappa shape index (κ1) is 12.5. The van der Waals surface area contributed by atoms with Crippen LogP contribution in [0.3, 0.4) is 0 Å². The number of rotatable bonds is 2. The smallest absolute Gasteiger partial charge is 0.154 e. The van der Waals surface area contributed by atoms with Crippen molar-refractivity contribution in [1.29, 1.82) is 0 Å². The highest BCUT2D eigenvalue weighted by atomic mass is 79.9. The average Bonchev–Trinajstić information content (AvgIpc) is 2.61. The molecule has 0 saturated heterocycles. The highest BCUT2D eigenvalue weighted by Gasteiger charge is 2.22. The molecule has 0 amide bonds. The Morgan fingerprint density at radius 1 is 1.53 bits per heavy atom. The molecule has 0 saturated carbocycles. The highest BCUT2D eigenvalue weighted by molar-refractivity contribution is 9.10. The van der Waals surface area contributed by atoms with E-state index < -0.39 is 11.9 Å². The van der Waals surface area contributed by atoms with Gasteiger partial charge >= 0.3 is 0 Å². The standard InChI is InChI=1S/C10H8BrClFN3O/c1-16-8(10(11)14-15-16)9(17)6-4-5(12)2-3-7(6)13/h2-4,9,17H,1H3. The van der Waals surface area contributed by atoms with Gasteiger partial charge in [-0.25, -0.2) is 9.07 Å². The molecule has 0 aliphatic carbocycles. The van der Waals surface area contributed by atoms with Crippen LogP contribution in [-0.2, 0) is 7.05 Å². The quantitative estimate of drug-likeness (QED) is 0.925. The van der Waals surface area contributed by atoms with Gasteiger partial charge in [0.15, 0.2) is 4.60 Å². The zero-order valence-electron chi connectivity index (χ0n) is 8.73. The average molecular weight is 321 g/mol. The summed E-state index contributed by atoms with van der Waals surface area (Å²) in [5, 5.41) is 17.9. The van der Waals surface area contributed by atoms with E-state index in [0.717, 1.165) is 0 Å². The minimum atomic E-state index is -1.18. The number of aryl methyl sites for hydroxylation is 1. The fourth-order valence-electron chi connectivity index (χ4n) is 1.50. The van der Waals surface area contributed by atoms with Gasteiger partial charge in [0.1, 0.15) is 17.6 Å². The summed E-state index contributed by atoms with van der Waals surface area (Å²) in [7, 11) is 1.61. The summed E-state index contributed by atoms with van der Waals surface area (Å²) in [6.45, 7) is 0. The first-order valence-electron chi connectivity index (χ1n) is 4.68. The van der Waals surface area contributed by atoms with Crippen molar-refractivity contribution in [1.82, 2.24) is 15.0 Å². The van der Waals surface area contributed by atoms with Gasteiger partial charge in [-0.2, -0.15) is 0 Å². The Hall–Kier alpha value is -0.980. The van der Waals surface area contributed by atoms with Crippen LogP contribution < -0.4 is 0 Å². The fourth-order valence-corrected chi connectivity index (χ4v) is 2.23. The second kappa shape index (κ2) is 4.72. The molecule has 0 radical (unpaired) electrons. The van der Waals surface area contributed by atoms with Crippen LogP contribution in [0.2, 0.25) is 5.02 Å². The summed E-state index contributed by atoms with van der Waals surface area (Å²) in [6, 6.07) is 4.00. The summed E-state index contributed by atoms with van der Waals surface area (Å²) < 4.78 is 15.3. The number of aliphatic hydroxyl groups excluding tert-OH is 1. The van der Waals surface area contributed by atoms with Crippen molar-refractivity contribution in [2.75, 3.05) is 0 Å². The van der Waals surface area contributed by atoms with E-state index in [1.165, 1.54) is 22.9 Å². The van der Waals surface area contributed by atoms with Crippen molar-refractivity contribution in [2.24, 2.45) is 7.05 Å². The third kappa shape index (κ3) is 2.34. The number of hydrogen-bond donors (Lipinski definition) is 1. The normalized spacial score (nSPS) is 12.8. The van der Waals surface area contributed by atoms with Crippen LogP contribution >= 0.6 is 27.5 Å². The molecule has 2 rings (SSSR count). The predicted molar refractivity (Wildman–Crippen MR) is 64.2 cm³/mol. The molecule has 7 heteroatoms. The van der Waals surface area contributed by atoms with E-state index in [1.54, 1.807) is 7.05 Å². The molecule has 1 aromatic heterocycles. The maximum atomic E-state index is 13.6.